The van der Waals surface area contributed by atoms with Gasteiger partial charge in [-0.15, -0.1) is 0 Å². The summed E-state index contributed by atoms with van der Waals surface area (Å²) in [5.41, 5.74) is -0.0886. The molecule has 0 aliphatic heterocycles. The Balaban J connectivity index is 2.07. The molecule has 1 heterocycles. The molecule has 2 aromatic carbocycles. The quantitative estimate of drug-likeness (QED) is 0.486. The van der Waals surface area contributed by atoms with Crippen LogP contribution in [-0.2, 0) is 6.18 Å². The van der Waals surface area contributed by atoms with Crippen molar-refractivity contribution in [2.24, 2.45) is 0 Å². The summed E-state index contributed by atoms with van der Waals surface area (Å²) < 4.78 is 38.8. The number of aromatic nitrogens is 1. The second-order valence-corrected chi connectivity index (χ2v) is 5.54. The number of anilines is 2. The molecule has 0 amide bonds. The van der Waals surface area contributed by atoms with Gasteiger partial charge in [-0.25, -0.2) is 0 Å². The number of nitrogens with zero attached hydrogens (tertiary/aromatic N) is 2. The number of rotatable bonds is 3. The molecule has 128 valence electrons. The van der Waals surface area contributed by atoms with Crippen LogP contribution in [0.25, 0.3) is 10.9 Å². The Bertz CT molecular complexity index is 976. The van der Waals surface area contributed by atoms with Crippen molar-refractivity contribution < 1.29 is 18.1 Å². The van der Waals surface area contributed by atoms with E-state index in [2.05, 4.69) is 10.3 Å². The Hall–Kier alpha value is -2.87. The van der Waals surface area contributed by atoms with E-state index < -0.39 is 16.7 Å². The molecule has 1 N–H and O–H groups in total. The molecule has 5 nitrogen and oxygen atoms in total. The van der Waals surface area contributed by atoms with Gasteiger partial charge in [-0.3, -0.25) is 15.1 Å². The molecule has 0 unspecified atom stereocenters. The second-order valence-electron chi connectivity index (χ2n) is 5.14. The number of halogens is 4. The lowest BCUT2D eigenvalue weighted by atomic mass is 10.1. The average molecular weight is 368 g/mol. The van der Waals surface area contributed by atoms with Gasteiger partial charge in [0.1, 0.15) is 5.02 Å². The van der Waals surface area contributed by atoms with Crippen molar-refractivity contribution in [1.82, 2.24) is 4.98 Å². The van der Waals surface area contributed by atoms with Gasteiger partial charge in [0.2, 0.25) is 0 Å². The van der Waals surface area contributed by atoms with Crippen molar-refractivity contribution in [2.45, 2.75) is 6.18 Å². The van der Waals surface area contributed by atoms with Gasteiger partial charge < -0.3 is 5.32 Å². The average Bonchev–Trinajstić information content (AvgIpc) is 2.55. The largest absolute Gasteiger partial charge is 0.416 e. The summed E-state index contributed by atoms with van der Waals surface area (Å²) in [7, 11) is 0. The topological polar surface area (TPSA) is 68.1 Å². The monoisotopic (exact) mass is 367 g/mol. The van der Waals surface area contributed by atoms with Gasteiger partial charge in [0, 0.05) is 29.0 Å². The Morgan fingerprint density at radius 2 is 1.88 bits per heavy atom. The third-order valence-corrected chi connectivity index (χ3v) is 3.81. The first-order valence-corrected chi connectivity index (χ1v) is 7.30. The molecule has 0 bridgehead atoms. The van der Waals surface area contributed by atoms with Crippen LogP contribution in [-0.4, -0.2) is 9.91 Å². The van der Waals surface area contributed by atoms with E-state index in [0.29, 0.717) is 16.9 Å². The fraction of sp³-hybridized carbons (Fsp3) is 0.0625. The van der Waals surface area contributed by atoms with Crippen LogP contribution >= 0.6 is 11.6 Å². The van der Waals surface area contributed by atoms with Crippen molar-refractivity contribution in [3.05, 3.63) is 69.4 Å². The highest BCUT2D eigenvalue weighted by Gasteiger charge is 2.30. The van der Waals surface area contributed by atoms with E-state index in [1.54, 1.807) is 0 Å². The first-order chi connectivity index (χ1) is 11.8. The van der Waals surface area contributed by atoms with Gasteiger partial charge >= 0.3 is 6.18 Å². The summed E-state index contributed by atoms with van der Waals surface area (Å²) in [5.74, 6) is 0. The standard InChI is InChI=1S/C16H9ClF3N3O2/c17-12-3-2-10(8-15(12)23(24)25)22-14-5-6-21-13-4-1-9(7-11(13)14)16(18,19)20/h1-8H,(H,21,22). The smallest absolute Gasteiger partial charge is 0.355 e. The van der Waals surface area contributed by atoms with Crippen LogP contribution in [0.3, 0.4) is 0 Å². The maximum Gasteiger partial charge on any atom is 0.416 e. The van der Waals surface area contributed by atoms with Crippen LogP contribution in [0.5, 0.6) is 0 Å². The zero-order valence-electron chi connectivity index (χ0n) is 12.3. The zero-order valence-corrected chi connectivity index (χ0v) is 13.1. The van der Waals surface area contributed by atoms with Crippen molar-refractivity contribution in [2.75, 3.05) is 5.32 Å². The van der Waals surface area contributed by atoms with Crippen LogP contribution in [0.4, 0.5) is 30.2 Å². The van der Waals surface area contributed by atoms with Crippen LogP contribution in [0.1, 0.15) is 5.56 Å². The predicted octanol–water partition coefficient (Wildman–Crippen LogP) is 5.56. The lowest BCUT2D eigenvalue weighted by Crippen LogP contribution is -2.05. The number of alkyl halides is 3. The molecular weight excluding hydrogens is 359 g/mol. The first kappa shape index (κ1) is 17.0. The molecule has 1 aromatic heterocycles. The number of nitro benzene ring substituents is 1. The van der Waals surface area contributed by atoms with Gasteiger partial charge in [-0.2, -0.15) is 13.2 Å². The van der Waals surface area contributed by atoms with E-state index in [1.807, 2.05) is 0 Å². The van der Waals surface area contributed by atoms with Gasteiger partial charge in [0.25, 0.3) is 5.69 Å². The number of nitro groups is 1. The van der Waals surface area contributed by atoms with Gasteiger partial charge in [-0.1, -0.05) is 11.6 Å². The summed E-state index contributed by atoms with van der Waals surface area (Å²) in [4.78, 5) is 14.3. The van der Waals surface area contributed by atoms with Crippen molar-refractivity contribution >= 4 is 39.6 Å². The van der Waals surface area contributed by atoms with Crippen molar-refractivity contribution in [3.8, 4) is 0 Å². The predicted molar refractivity (Wildman–Crippen MR) is 88.1 cm³/mol. The molecule has 0 saturated heterocycles. The SMILES string of the molecule is O=[N+]([O-])c1cc(Nc2ccnc3ccc(C(F)(F)F)cc23)ccc1Cl. The molecule has 25 heavy (non-hydrogen) atoms. The van der Waals surface area contributed by atoms with E-state index in [9.17, 15) is 23.3 Å². The van der Waals surface area contributed by atoms with Crippen LogP contribution in [0, 0.1) is 10.1 Å². The van der Waals surface area contributed by atoms with Crippen molar-refractivity contribution in [3.63, 3.8) is 0 Å². The number of benzene rings is 2. The van der Waals surface area contributed by atoms with E-state index in [0.717, 1.165) is 12.1 Å². The molecule has 0 fully saturated rings. The number of hydrogen-bond donors (Lipinski definition) is 1. The van der Waals surface area contributed by atoms with E-state index in [-0.39, 0.29) is 16.1 Å². The molecular formula is C16H9ClF3N3O2. The van der Waals surface area contributed by atoms with E-state index in [1.165, 1.54) is 36.5 Å². The molecule has 3 aromatic rings. The Morgan fingerprint density at radius 1 is 1.12 bits per heavy atom. The summed E-state index contributed by atoms with van der Waals surface area (Å²) in [6.07, 6.45) is -3.05. The molecule has 3 rings (SSSR count). The summed E-state index contributed by atoms with van der Waals surface area (Å²) in [6, 6.07) is 8.74. The lowest BCUT2D eigenvalue weighted by molar-refractivity contribution is -0.384. The zero-order chi connectivity index (χ0) is 18.2. The maximum atomic E-state index is 12.9. The molecule has 0 aliphatic rings. The van der Waals surface area contributed by atoms with E-state index >= 15 is 0 Å². The second kappa shape index (κ2) is 6.21. The molecule has 9 heteroatoms. The molecule has 0 saturated carbocycles. The number of fused-ring (bicyclic) bond motifs is 1. The highest BCUT2D eigenvalue weighted by Crippen LogP contribution is 2.35. The van der Waals surface area contributed by atoms with Crippen LogP contribution in [0.15, 0.2) is 48.7 Å². The van der Waals surface area contributed by atoms with E-state index in [4.69, 9.17) is 11.6 Å². The number of nitrogens with one attached hydrogen (secondary N) is 1. The minimum absolute atomic E-state index is 0.0329. The first-order valence-electron chi connectivity index (χ1n) is 6.92. The Morgan fingerprint density at radius 3 is 2.56 bits per heavy atom. The highest BCUT2D eigenvalue weighted by molar-refractivity contribution is 6.32. The van der Waals surface area contributed by atoms with Gasteiger partial charge in [0.05, 0.1) is 16.0 Å². The summed E-state index contributed by atoms with van der Waals surface area (Å²) in [5, 5.41) is 14.0. The summed E-state index contributed by atoms with van der Waals surface area (Å²) in [6.45, 7) is 0. The normalized spacial score (nSPS) is 11.5. The fourth-order valence-electron chi connectivity index (χ4n) is 2.32. The number of hydrogen-bond acceptors (Lipinski definition) is 4. The maximum absolute atomic E-state index is 12.9. The summed E-state index contributed by atoms with van der Waals surface area (Å²) >= 11 is 5.76. The minimum atomic E-state index is -4.49. The highest BCUT2D eigenvalue weighted by atomic mass is 35.5. The molecule has 0 spiro atoms. The molecule has 0 radical (unpaired) electrons. The number of pyridine rings is 1. The van der Waals surface area contributed by atoms with Crippen molar-refractivity contribution in [1.29, 1.82) is 0 Å². The lowest BCUT2D eigenvalue weighted by Gasteiger charge is -2.12. The fourth-order valence-corrected chi connectivity index (χ4v) is 2.50. The molecule has 0 atom stereocenters. The van der Waals surface area contributed by atoms with Gasteiger partial charge in [-0.05, 0) is 36.4 Å². The molecule has 0 aliphatic carbocycles. The van der Waals surface area contributed by atoms with Gasteiger partial charge in [0.15, 0.2) is 0 Å². The Labute approximate surface area is 144 Å². The minimum Gasteiger partial charge on any atom is -0.355 e. The van der Waals surface area contributed by atoms with Crippen LogP contribution < -0.4 is 5.32 Å². The van der Waals surface area contributed by atoms with Crippen LogP contribution in [0.2, 0.25) is 5.02 Å². The third kappa shape index (κ3) is 3.48. The Kier molecular flexibility index (Phi) is 4.22. The third-order valence-electron chi connectivity index (χ3n) is 3.49.